The number of aryl methyl sites for hydroxylation is 1. The summed E-state index contributed by atoms with van der Waals surface area (Å²) in [4.78, 5) is 45.2. The summed E-state index contributed by atoms with van der Waals surface area (Å²) in [7, 11) is 1.41. The zero-order valence-electron chi connectivity index (χ0n) is 12.2. The second kappa shape index (κ2) is 7.35. The summed E-state index contributed by atoms with van der Waals surface area (Å²) in [5.74, 6) is -3.36. The lowest BCUT2D eigenvalue weighted by Gasteiger charge is -2.09. The topological polar surface area (TPSA) is 118 Å². The van der Waals surface area contributed by atoms with Crippen molar-refractivity contribution in [3.63, 3.8) is 0 Å². The number of carbonyl (C=O) groups excluding carboxylic acids is 3. The highest BCUT2D eigenvalue weighted by molar-refractivity contribution is 6.15. The molecule has 0 aliphatic carbocycles. The third-order valence-corrected chi connectivity index (χ3v) is 2.90. The number of Topliss-reactive ketones (excluding diaryl/α,β-unsaturated/α-hetero) is 3. The van der Waals surface area contributed by atoms with Crippen LogP contribution in [-0.2, 0) is 14.4 Å². The molecule has 2 N–H and O–H groups in total. The van der Waals surface area contributed by atoms with Crippen molar-refractivity contribution in [3.05, 3.63) is 23.3 Å². The van der Waals surface area contributed by atoms with E-state index in [1.807, 2.05) is 0 Å². The molecule has 0 fully saturated rings. The van der Waals surface area contributed by atoms with Crippen molar-refractivity contribution >= 4 is 23.3 Å². The summed E-state index contributed by atoms with van der Waals surface area (Å²) in [6.45, 7) is 1.58. The molecule has 0 bridgehead atoms. The van der Waals surface area contributed by atoms with Gasteiger partial charge in [0.1, 0.15) is 23.7 Å². The fourth-order valence-corrected chi connectivity index (χ4v) is 2.00. The summed E-state index contributed by atoms with van der Waals surface area (Å²) < 4.78 is 4.94. The number of carboxylic acids is 1. The molecule has 0 amide bonds. The number of ether oxygens (including phenoxy) is 1. The number of carboxylic acid groups (broad SMARTS) is 1. The fraction of sp³-hybridized carbons (Fsp3) is 0.333. The van der Waals surface area contributed by atoms with E-state index >= 15 is 0 Å². The average molecular weight is 308 g/mol. The van der Waals surface area contributed by atoms with Crippen molar-refractivity contribution < 1.29 is 34.1 Å². The molecule has 0 spiro atoms. The van der Waals surface area contributed by atoms with Crippen LogP contribution in [0.1, 0.15) is 35.2 Å². The average Bonchev–Trinajstić information content (AvgIpc) is 2.35. The molecular weight excluding hydrogens is 292 g/mol. The zero-order chi connectivity index (χ0) is 16.9. The number of carbonyl (C=O) groups is 4. The van der Waals surface area contributed by atoms with Crippen LogP contribution in [0.15, 0.2) is 12.1 Å². The normalized spacial score (nSPS) is 10.1. The number of phenols is 1. The Balaban J connectivity index is 2.79. The van der Waals surface area contributed by atoms with E-state index in [-0.39, 0.29) is 11.3 Å². The highest BCUT2D eigenvalue weighted by atomic mass is 16.5. The number of aromatic hydroxyl groups is 1. The lowest BCUT2D eigenvalue weighted by molar-refractivity contribution is -0.140. The highest BCUT2D eigenvalue weighted by Gasteiger charge is 2.21. The minimum Gasteiger partial charge on any atom is -0.507 e. The van der Waals surface area contributed by atoms with Gasteiger partial charge in [0.2, 0.25) is 0 Å². The van der Waals surface area contributed by atoms with Crippen molar-refractivity contribution in [2.75, 3.05) is 7.11 Å². The van der Waals surface area contributed by atoms with Gasteiger partial charge >= 0.3 is 5.97 Å². The molecule has 0 heterocycles. The second-order valence-corrected chi connectivity index (χ2v) is 4.76. The molecule has 118 valence electrons. The van der Waals surface area contributed by atoms with Gasteiger partial charge in [-0.2, -0.15) is 0 Å². The summed E-state index contributed by atoms with van der Waals surface area (Å²) in [5, 5.41) is 18.3. The van der Waals surface area contributed by atoms with Crippen molar-refractivity contribution in [1.29, 1.82) is 0 Å². The van der Waals surface area contributed by atoms with Gasteiger partial charge in [-0.3, -0.25) is 19.2 Å². The lowest BCUT2D eigenvalue weighted by Crippen LogP contribution is -2.15. The second-order valence-electron chi connectivity index (χ2n) is 4.76. The molecule has 0 saturated carbocycles. The van der Waals surface area contributed by atoms with Gasteiger partial charge < -0.3 is 14.9 Å². The van der Waals surface area contributed by atoms with E-state index in [1.165, 1.54) is 19.2 Å². The van der Waals surface area contributed by atoms with Crippen molar-refractivity contribution in [3.8, 4) is 11.5 Å². The molecule has 1 aromatic rings. The van der Waals surface area contributed by atoms with Gasteiger partial charge in [-0.1, -0.05) is 0 Å². The van der Waals surface area contributed by atoms with E-state index in [0.717, 1.165) is 0 Å². The van der Waals surface area contributed by atoms with Crippen LogP contribution in [0.25, 0.3) is 0 Å². The quantitative estimate of drug-likeness (QED) is 0.548. The molecule has 1 aromatic carbocycles. The van der Waals surface area contributed by atoms with Gasteiger partial charge in [-0.05, 0) is 18.6 Å². The van der Waals surface area contributed by atoms with E-state index in [0.29, 0.717) is 11.3 Å². The minimum atomic E-state index is -1.33. The van der Waals surface area contributed by atoms with Crippen LogP contribution in [0, 0.1) is 6.92 Å². The first-order chi connectivity index (χ1) is 10.2. The number of hydrogen-bond donors (Lipinski definition) is 2. The Kier molecular flexibility index (Phi) is 5.80. The molecule has 1 rings (SSSR count). The van der Waals surface area contributed by atoms with E-state index in [4.69, 9.17) is 9.84 Å². The van der Waals surface area contributed by atoms with Crippen molar-refractivity contribution in [2.45, 2.75) is 26.2 Å². The van der Waals surface area contributed by atoms with Gasteiger partial charge in [0.15, 0.2) is 11.6 Å². The smallest absolute Gasteiger partial charge is 0.310 e. The number of ketones is 3. The Morgan fingerprint density at radius 1 is 1.05 bits per heavy atom. The van der Waals surface area contributed by atoms with Crippen LogP contribution >= 0.6 is 0 Å². The first-order valence-corrected chi connectivity index (χ1v) is 6.40. The maximum Gasteiger partial charge on any atom is 0.310 e. The standard InChI is InChI=1S/C15H16O7/c1-8-3-11(22-2)7-13(19)15(8)12(18)5-9(16)4-10(17)6-14(20)21/h3,7,19H,4-6H2,1-2H3,(H,20,21). The van der Waals surface area contributed by atoms with Crippen LogP contribution in [0.4, 0.5) is 0 Å². The number of phenolic OH excluding ortho intramolecular Hbond substituents is 1. The Morgan fingerprint density at radius 3 is 2.14 bits per heavy atom. The molecule has 0 saturated heterocycles. The zero-order valence-corrected chi connectivity index (χ0v) is 12.2. The van der Waals surface area contributed by atoms with Gasteiger partial charge in [-0.25, -0.2) is 0 Å². The van der Waals surface area contributed by atoms with Crippen LogP contribution in [0.3, 0.4) is 0 Å². The highest BCUT2D eigenvalue weighted by Crippen LogP contribution is 2.28. The number of rotatable bonds is 8. The molecule has 0 aromatic heterocycles. The summed E-state index contributed by atoms with van der Waals surface area (Å²) in [6.07, 6.45) is -1.95. The van der Waals surface area contributed by atoms with E-state index < -0.39 is 42.6 Å². The molecule has 7 heteroatoms. The summed E-state index contributed by atoms with van der Waals surface area (Å²) in [6, 6.07) is 2.79. The molecule has 0 unspecified atom stereocenters. The predicted molar refractivity (Wildman–Crippen MR) is 75.2 cm³/mol. The maximum atomic E-state index is 12.1. The monoisotopic (exact) mass is 308 g/mol. The molecule has 0 aliphatic heterocycles. The fourth-order valence-electron chi connectivity index (χ4n) is 2.00. The first-order valence-electron chi connectivity index (χ1n) is 6.40. The maximum absolute atomic E-state index is 12.1. The first kappa shape index (κ1) is 17.4. The predicted octanol–water partition coefficient (Wildman–Crippen LogP) is 1.29. The summed E-state index contributed by atoms with van der Waals surface area (Å²) >= 11 is 0. The largest absolute Gasteiger partial charge is 0.507 e. The number of methoxy groups -OCH3 is 1. The van der Waals surface area contributed by atoms with E-state index in [9.17, 15) is 24.3 Å². The Morgan fingerprint density at radius 2 is 1.64 bits per heavy atom. The Bertz CT molecular complexity index is 608. The van der Waals surface area contributed by atoms with Crippen molar-refractivity contribution in [2.24, 2.45) is 0 Å². The lowest BCUT2D eigenvalue weighted by atomic mass is 9.98. The number of hydrogen-bond acceptors (Lipinski definition) is 6. The third kappa shape index (κ3) is 4.69. The number of benzene rings is 1. The SMILES string of the molecule is COc1cc(C)c(C(=O)CC(=O)CC(=O)CC(=O)O)c(O)c1. The van der Waals surface area contributed by atoms with Crippen LogP contribution in [0.5, 0.6) is 11.5 Å². The molecule has 0 radical (unpaired) electrons. The van der Waals surface area contributed by atoms with Crippen molar-refractivity contribution in [1.82, 2.24) is 0 Å². The van der Waals surface area contributed by atoms with Gasteiger partial charge in [0.25, 0.3) is 0 Å². The van der Waals surface area contributed by atoms with Gasteiger partial charge in [0, 0.05) is 6.07 Å². The van der Waals surface area contributed by atoms with Crippen LogP contribution in [-0.4, -0.2) is 40.6 Å². The third-order valence-electron chi connectivity index (χ3n) is 2.90. The van der Waals surface area contributed by atoms with Crippen LogP contribution < -0.4 is 4.74 Å². The Hall–Kier alpha value is -2.70. The molecular formula is C15H16O7. The van der Waals surface area contributed by atoms with E-state index in [2.05, 4.69) is 0 Å². The summed E-state index contributed by atoms with van der Waals surface area (Å²) in [5.41, 5.74) is 0.423. The van der Waals surface area contributed by atoms with E-state index in [1.54, 1.807) is 6.92 Å². The minimum absolute atomic E-state index is 0.0140. The van der Waals surface area contributed by atoms with Gasteiger partial charge in [0.05, 0.1) is 25.5 Å². The van der Waals surface area contributed by atoms with Crippen LogP contribution in [0.2, 0.25) is 0 Å². The molecule has 0 atom stereocenters. The Labute approximate surface area is 126 Å². The van der Waals surface area contributed by atoms with Gasteiger partial charge in [-0.15, -0.1) is 0 Å². The molecule has 7 nitrogen and oxygen atoms in total. The molecule has 0 aliphatic rings. The molecule has 22 heavy (non-hydrogen) atoms. The number of aliphatic carboxylic acids is 1.